The van der Waals surface area contributed by atoms with E-state index >= 15 is 0 Å². The van der Waals surface area contributed by atoms with E-state index in [1.165, 1.54) is 0 Å². The van der Waals surface area contributed by atoms with Crippen LogP contribution in [0.2, 0.25) is 0 Å². The third-order valence-electron chi connectivity index (χ3n) is 3.64. The number of carbonyl (C=O) groups is 1. The standard InChI is InChI=1S/C23H24O4/c1-4-7-20(5-2)25-16-18-8-12-21(13-9-18)27-22-14-10-19(11-15-22)17-26-23(24)6-3/h5-15H,2-4,16-17H2,1H3/b20-7+. The maximum Gasteiger partial charge on any atom is 0.330 e. The van der Waals surface area contributed by atoms with Crippen LogP contribution in [0.4, 0.5) is 0 Å². The monoisotopic (exact) mass is 364 g/mol. The number of benzene rings is 2. The second-order valence-electron chi connectivity index (χ2n) is 5.71. The summed E-state index contributed by atoms with van der Waals surface area (Å²) in [4.78, 5) is 11.1. The Morgan fingerprint density at radius 1 is 0.852 bits per heavy atom. The highest BCUT2D eigenvalue weighted by atomic mass is 16.5. The fourth-order valence-corrected chi connectivity index (χ4v) is 2.23. The highest BCUT2D eigenvalue weighted by Gasteiger charge is 2.02. The van der Waals surface area contributed by atoms with Crippen LogP contribution in [0.25, 0.3) is 0 Å². The minimum Gasteiger partial charge on any atom is -0.489 e. The van der Waals surface area contributed by atoms with Crippen LogP contribution in [0.3, 0.4) is 0 Å². The quantitative estimate of drug-likeness (QED) is 0.235. The topological polar surface area (TPSA) is 44.8 Å². The molecular formula is C23H24O4. The van der Waals surface area contributed by atoms with Crippen LogP contribution < -0.4 is 4.74 Å². The van der Waals surface area contributed by atoms with Crippen molar-refractivity contribution in [2.75, 3.05) is 0 Å². The number of allylic oxidation sites excluding steroid dienone is 2. The van der Waals surface area contributed by atoms with Gasteiger partial charge in [0.15, 0.2) is 0 Å². The Balaban J connectivity index is 1.88. The molecule has 4 nitrogen and oxygen atoms in total. The Hall–Kier alpha value is -3.27. The van der Waals surface area contributed by atoms with Gasteiger partial charge in [0.05, 0.1) is 0 Å². The summed E-state index contributed by atoms with van der Waals surface area (Å²) in [5.41, 5.74) is 1.92. The van der Waals surface area contributed by atoms with E-state index in [9.17, 15) is 4.79 Å². The molecule has 2 rings (SSSR count). The molecule has 27 heavy (non-hydrogen) atoms. The fraction of sp³-hybridized carbons (Fsp3) is 0.174. The molecule has 0 unspecified atom stereocenters. The van der Waals surface area contributed by atoms with Gasteiger partial charge >= 0.3 is 5.97 Å². The molecule has 0 saturated heterocycles. The molecule has 4 heteroatoms. The molecule has 0 saturated carbocycles. The molecule has 0 aromatic heterocycles. The third-order valence-corrected chi connectivity index (χ3v) is 3.64. The Morgan fingerprint density at radius 2 is 1.37 bits per heavy atom. The van der Waals surface area contributed by atoms with Crippen molar-refractivity contribution in [3.63, 3.8) is 0 Å². The van der Waals surface area contributed by atoms with Crippen LogP contribution in [0.1, 0.15) is 24.5 Å². The first kappa shape index (κ1) is 20.0. The number of carbonyl (C=O) groups excluding carboxylic acids is 1. The van der Waals surface area contributed by atoms with Crippen LogP contribution in [-0.2, 0) is 27.5 Å². The number of esters is 1. The Labute approximate surface area is 160 Å². The van der Waals surface area contributed by atoms with Gasteiger partial charge in [-0.1, -0.05) is 44.3 Å². The Morgan fingerprint density at radius 3 is 1.81 bits per heavy atom. The van der Waals surface area contributed by atoms with Crippen molar-refractivity contribution in [2.45, 2.75) is 26.6 Å². The average Bonchev–Trinajstić information content (AvgIpc) is 2.71. The van der Waals surface area contributed by atoms with Gasteiger partial charge in [0.1, 0.15) is 30.5 Å². The number of rotatable bonds is 10. The van der Waals surface area contributed by atoms with E-state index in [-0.39, 0.29) is 6.61 Å². The van der Waals surface area contributed by atoms with Crippen molar-refractivity contribution in [3.05, 3.63) is 96.8 Å². The lowest BCUT2D eigenvalue weighted by atomic mass is 10.2. The van der Waals surface area contributed by atoms with Gasteiger partial charge < -0.3 is 14.2 Å². The van der Waals surface area contributed by atoms with Gasteiger partial charge in [0.2, 0.25) is 0 Å². The van der Waals surface area contributed by atoms with Gasteiger partial charge in [-0.15, -0.1) is 0 Å². The lowest BCUT2D eigenvalue weighted by Gasteiger charge is -2.09. The Kier molecular flexibility index (Phi) is 7.92. The van der Waals surface area contributed by atoms with Crippen molar-refractivity contribution >= 4 is 5.97 Å². The summed E-state index contributed by atoms with van der Waals surface area (Å²) in [5.74, 6) is 1.79. The first-order chi connectivity index (χ1) is 13.1. The molecule has 0 bridgehead atoms. The zero-order chi connectivity index (χ0) is 19.5. The van der Waals surface area contributed by atoms with Crippen molar-refractivity contribution in [3.8, 4) is 11.5 Å². The van der Waals surface area contributed by atoms with Crippen molar-refractivity contribution in [1.29, 1.82) is 0 Å². The molecular weight excluding hydrogens is 340 g/mol. The van der Waals surface area contributed by atoms with Gasteiger partial charge in [-0.3, -0.25) is 0 Å². The second kappa shape index (κ2) is 10.7. The van der Waals surface area contributed by atoms with E-state index in [0.717, 1.165) is 35.1 Å². The molecule has 0 aliphatic heterocycles. The van der Waals surface area contributed by atoms with E-state index < -0.39 is 5.97 Å². The van der Waals surface area contributed by atoms with Gasteiger partial charge in [-0.05, 0) is 54.0 Å². The van der Waals surface area contributed by atoms with Crippen molar-refractivity contribution in [2.24, 2.45) is 0 Å². The van der Waals surface area contributed by atoms with E-state index in [1.54, 1.807) is 6.08 Å². The second-order valence-corrected chi connectivity index (χ2v) is 5.71. The highest BCUT2D eigenvalue weighted by Crippen LogP contribution is 2.23. The molecule has 0 radical (unpaired) electrons. The molecule has 0 aliphatic carbocycles. The van der Waals surface area contributed by atoms with Gasteiger partial charge in [0.25, 0.3) is 0 Å². The molecule has 0 aliphatic rings. The van der Waals surface area contributed by atoms with Gasteiger partial charge in [-0.25, -0.2) is 4.79 Å². The summed E-state index contributed by atoms with van der Waals surface area (Å²) in [6.45, 7) is 9.85. The minimum atomic E-state index is -0.440. The average molecular weight is 364 g/mol. The summed E-state index contributed by atoms with van der Waals surface area (Å²) in [7, 11) is 0. The highest BCUT2D eigenvalue weighted by molar-refractivity contribution is 5.81. The SMILES string of the molecule is C=CC(=O)OCc1ccc(Oc2ccc(CO/C(C=C)=C/CC)cc2)cc1. The van der Waals surface area contributed by atoms with Crippen molar-refractivity contribution in [1.82, 2.24) is 0 Å². The first-order valence-electron chi connectivity index (χ1n) is 8.75. The summed E-state index contributed by atoms with van der Waals surface area (Å²) in [5, 5.41) is 0. The largest absolute Gasteiger partial charge is 0.489 e. The van der Waals surface area contributed by atoms with Gasteiger partial charge in [-0.2, -0.15) is 0 Å². The molecule has 0 spiro atoms. The van der Waals surface area contributed by atoms with E-state index in [0.29, 0.717) is 12.4 Å². The summed E-state index contributed by atoms with van der Waals surface area (Å²) >= 11 is 0. The lowest BCUT2D eigenvalue weighted by molar-refractivity contribution is -0.138. The van der Waals surface area contributed by atoms with E-state index in [4.69, 9.17) is 14.2 Å². The van der Waals surface area contributed by atoms with E-state index in [2.05, 4.69) is 20.1 Å². The van der Waals surface area contributed by atoms with Crippen LogP contribution in [0, 0.1) is 0 Å². The van der Waals surface area contributed by atoms with Crippen LogP contribution in [0.5, 0.6) is 11.5 Å². The Bertz CT molecular complexity index is 786. The summed E-state index contributed by atoms with van der Waals surface area (Å²) < 4.78 is 16.5. The van der Waals surface area contributed by atoms with Crippen LogP contribution in [0.15, 0.2) is 85.7 Å². The van der Waals surface area contributed by atoms with Gasteiger partial charge in [0, 0.05) is 6.08 Å². The number of ether oxygens (including phenoxy) is 3. The van der Waals surface area contributed by atoms with Crippen LogP contribution >= 0.6 is 0 Å². The molecule has 140 valence electrons. The third kappa shape index (κ3) is 6.86. The maximum absolute atomic E-state index is 11.1. The van der Waals surface area contributed by atoms with E-state index in [1.807, 2.05) is 54.6 Å². The molecule has 0 N–H and O–H groups in total. The normalized spacial score (nSPS) is 10.8. The molecule has 2 aromatic carbocycles. The molecule has 2 aromatic rings. The minimum absolute atomic E-state index is 0.207. The maximum atomic E-state index is 11.1. The molecule has 0 atom stereocenters. The zero-order valence-corrected chi connectivity index (χ0v) is 15.5. The smallest absolute Gasteiger partial charge is 0.330 e. The van der Waals surface area contributed by atoms with Crippen molar-refractivity contribution < 1.29 is 19.0 Å². The lowest BCUT2D eigenvalue weighted by Crippen LogP contribution is -1.99. The molecule has 0 amide bonds. The zero-order valence-electron chi connectivity index (χ0n) is 15.5. The predicted molar refractivity (Wildman–Crippen MR) is 106 cm³/mol. The molecule has 0 fully saturated rings. The first-order valence-corrected chi connectivity index (χ1v) is 8.75. The number of hydrogen-bond donors (Lipinski definition) is 0. The van der Waals surface area contributed by atoms with Crippen LogP contribution in [-0.4, -0.2) is 5.97 Å². The summed E-state index contributed by atoms with van der Waals surface area (Å²) in [6, 6.07) is 15.1. The summed E-state index contributed by atoms with van der Waals surface area (Å²) in [6.07, 6.45) is 5.75. The number of hydrogen-bond acceptors (Lipinski definition) is 4. The molecule has 0 heterocycles. The fourth-order valence-electron chi connectivity index (χ4n) is 2.23. The predicted octanol–water partition coefficient (Wildman–Crippen LogP) is 5.70.